The molecule has 18 heavy (non-hydrogen) atoms. The van der Waals surface area contributed by atoms with Gasteiger partial charge in [-0.3, -0.25) is 4.79 Å². The van der Waals surface area contributed by atoms with Crippen LogP contribution < -0.4 is 11.1 Å². The van der Waals surface area contributed by atoms with E-state index >= 15 is 0 Å². The third kappa shape index (κ3) is 3.93. The monoisotopic (exact) mass is 282 g/mol. The molecule has 1 amide bonds. The van der Waals surface area contributed by atoms with Crippen LogP contribution in [0.3, 0.4) is 0 Å². The molecule has 0 saturated carbocycles. The Morgan fingerprint density at radius 3 is 2.83 bits per heavy atom. The SMILES string of the molecule is NC(C(=O)NCC1CSCCS1)c1ccccc1. The number of carbonyl (C=O) groups excluding carboxylic acids is 1. The smallest absolute Gasteiger partial charge is 0.241 e. The Hall–Kier alpha value is -0.650. The highest BCUT2D eigenvalue weighted by atomic mass is 32.2. The van der Waals surface area contributed by atoms with E-state index in [-0.39, 0.29) is 5.91 Å². The van der Waals surface area contributed by atoms with Crippen molar-refractivity contribution in [2.24, 2.45) is 5.73 Å². The largest absolute Gasteiger partial charge is 0.353 e. The van der Waals surface area contributed by atoms with Gasteiger partial charge in [-0.05, 0) is 5.56 Å². The first-order valence-corrected chi connectivity index (χ1v) is 8.25. The Bertz CT molecular complexity index is 380. The summed E-state index contributed by atoms with van der Waals surface area (Å²) in [4.78, 5) is 11.9. The van der Waals surface area contributed by atoms with Crippen molar-refractivity contribution in [3.63, 3.8) is 0 Å². The molecule has 1 fully saturated rings. The quantitative estimate of drug-likeness (QED) is 0.882. The van der Waals surface area contributed by atoms with Crippen molar-refractivity contribution in [1.29, 1.82) is 0 Å². The van der Waals surface area contributed by atoms with Crippen LogP contribution in [0.4, 0.5) is 0 Å². The fraction of sp³-hybridized carbons (Fsp3) is 0.462. The Kier molecular flexibility index (Phi) is 5.41. The van der Waals surface area contributed by atoms with E-state index in [1.165, 1.54) is 11.5 Å². The van der Waals surface area contributed by atoms with Gasteiger partial charge in [0.1, 0.15) is 6.04 Å². The van der Waals surface area contributed by atoms with E-state index in [0.717, 1.165) is 17.9 Å². The average Bonchev–Trinajstić information content (AvgIpc) is 2.46. The predicted molar refractivity (Wildman–Crippen MR) is 80.0 cm³/mol. The molecule has 1 aliphatic rings. The summed E-state index contributed by atoms with van der Waals surface area (Å²) < 4.78 is 0. The summed E-state index contributed by atoms with van der Waals surface area (Å²) in [6.07, 6.45) is 0. The average molecular weight is 282 g/mol. The number of carbonyl (C=O) groups is 1. The van der Waals surface area contributed by atoms with Crippen molar-refractivity contribution in [2.75, 3.05) is 23.8 Å². The second-order valence-corrected chi connectivity index (χ2v) is 6.76. The minimum atomic E-state index is -0.563. The summed E-state index contributed by atoms with van der Waals surface area (Å²) in [5, 5.41) is 3.48. The number of hydrogen-bond donors (Lipinski definition) is 2. The van der Waals surface area contributed by atoms with Crippen LogP contribution in [0.5, 0.6) is 0 Å². The molecule has 0 bridgehead atoms. The number of thioether (sulfide) groups is 2. The van der Waals surface area contributed by atoms with Crippen molar-refractivity contribution in [1.82, 2.24) is 5.32 Å². The van der Waals surface area contributed by atoms with Gasteiger partial charge < -0.3 is 11.1 Å². The van der Waals surface area contributed by atoms with E-state index in [9.17, 15) is 4.79 Å². The third-order valence-electron chi connectivity index (χ3n) is 2.83. The third-order valence-corrected chi connectivity index (χ3v) is 5.67. The van der Waals surface area contributed by atoms with E-state index in [1.54, 1.807) is 0 Å². The summed E-state index contributed by atoms with van der Waals surface area (Å²) >= 11 is 3.89. The number of amides is 1. The van der Waals surface area contributed by atoms with Crippen molar-refractivity contribution in [2.45, 2.75) is 11.3 Å². The number of benzene rings is 1. The van der Waals surface area contributed by atoms with Gasteiger partial charge in [-0.15, -0.1) is 0 Å². The first-order valence-electron chi connectivity index (χ1n) is 6.05. The molecule has 0 aliphatic carbocycles. The molecule has 1 heterocycles. The molecule has 2 atom stereocenters. The summed E-state index contributed by atoms with van der Waals surface area (Å²) in [7, 11) is 0. The Balaban J connectivity index is 1.80. The Morgan fingerprint density at radius 1 is 1.39 bits per heavy atom. The summed E-state index contributed by atoms with van der Waals surface area (Å²) in [6.45, 7) is 0.719. The highest BCUT2D eigenvalue weighted by Gasteiger charge is 2.18. The zero-order valence-corrected chi connectivity index (χ0v) is 11.8. The molecular weight excluding hydrogens is 264 g/mol. The highest BCUT2D eigenvalue weighted by Crippen LogP contribution is 2.23. The van der Waals surface area contributed by atoms with Crippen LogP contribution in [0, 0.1) is 0 Å². The molecule has 98 valence electrons. The van der Waals surface area contributed by atoms with Gasteiger partial charge in [0.25, 0.3) is 0 Å². The Morgan fingerprint density at radius 2 is 2.17 bits per heavy atom. The lowest BCUT2D eigenvalue weighted by Gasteiger charge is -2.22. The van der Waals surface area contributed by atoms with Crippen LogP contribution in [-0.2, 0) is 4.79 Å². The van der Waals surface area contributed by atoms with Gasteiger partial charge in [-0.25, -0.2) is 0 Å². The maximum Gasteiger partial charge on any atom is 0.241 e. The second-order valence-electron chi connectivity index (χ2n) is 4.20. The molecule has 2 rings (SSSR count). The minimum absolute atomic E-state index is 0.0858. The van der Waals surface area contributed by atoms with Crippen LogP contribution in [0.1, 0.15) is 11.6 Å². The molecule has 5 heteroatoms. The number of nitrogens with two attached hydrogens (primary N) is 1. The summed E-state index contributed by atoms with van der Waals surface area (Å²) in [5.74, 6) is 3.43. The topological polar surface area (TPSA) is 55.1 Å². The van der Waals surface area contributed by atoms with Gasteiger partial charge in [0.15, 0.2) is 0 Å². The Labute approximate surface area is 116 Å². The van der Waals surface area contributed by atoms with Crippen molar-refractivity contribution >= 4 is 29.4 Å². The zero-order chi connectivity index (χ0) is 12.8. The lowest BCUT2D eigenvalue weighted by atomic mass is 10.1. The molecule has 1 aromatic carbocycles. The first kappa shape index (κ1) is 13.8. The van der Waals surface area contributed by atoms with Gasteiger partial charge in [0, 0.05) is 29.1 Å². The van der Waals surface area contributed by atoms with Gasteiger partial charge in [-0.1, -0.05) is 30.3 Å². The zero-order valence-electron chi connectivity index (χ0n) is 10.2. The molecule has 2 unspecified atom stereocenters. The van der Waals surface area contributed by atoms with E-state index in [2.05, 4.69) is 5.32 Å². The maximum absolute atomic E-state index is 11.9. The van der Waals surface area contributed by atoms with E-state index in [0.29, 0.717) is 5.25 Å². The van der Waals surface area contributed by atoms with Crippen LogP contribution in [0.2, 0.25) is 0 Å². The molecule has 1 aromatic rings. The number of nitrogens with one attached hydrogen (secondary N) is 1. The lowest BCUT2D eigenvalue weighted by Crippen LogP contribution is -2.39. The molecule has 0 radical (unpaired) electrons. The second kappa shape index (κ2) is 7.07. The van der Waals surface area contributed by atoms with E-state index in [1.807, 2.05) is 53.9 Å². The normalized spacial score (nSPS) is 21.3. The van der Waals surface area contributed by atoms with Gasteiger partial charge >= 0.3 is 0 Å². The fourth-order valence-electron chi connectivity index (χ4n) is 1.79. The van der Waals surface area contributed by atoms with Crippen LogP contribution in [0.25, 0.3) is 0 Å². The van der Waals surface area contributed by atoms with Gasteiger partial charge in [0.2, 0.25) is 5.91 Å². The lowest BCUT2D eigenvalue weighted by molar-refractivity contribution is -0.122. The molecule has 3 N–H and O–H groups in total. The standard InChI is InChI=1S/C13H18N2OS2/c14-12(10-4-2-1-3-5-10)13(16)15-8-11-9-17-6-7-18-11/h1-5,11-12H,6-9,14H2,(H,15,16). The van der Waals surface area contributed by atoms with Crippen LogP contribution >= 0.6 is 23.5 Å². The molecule has 1 saturated heterocycles. The predicted octanol–water partition coefficient (Wildman–Crippen LogP) is 1.65. The maximum atomic E-state index is 11.9. The van der Waals surface area contributed by atoms with Gasteiger partial charge in [-0.2, -0.15) is 23.5 Å². The van der Waals surface area contributed by atoms with Gasteiger partial charge in [0.05, 0.1) is 0 Å². The molecular formula is C13H18N2OS2. The van der Waals surface area contributed by atoms with Crippen molar-refractivity contribution < 1.29 is 4.79 Å². The summed E-state index contributed by atoms with van der Waals surface area (Å²) in [5.41, 5.74) is 6.79. The van der Waals surface area contributed by atoms with Crippen LogP contribution in [0.15, 0.2) is 30.3 Å². The summed E-state index contributed by atoms with van der Waals surface area (Å²) in [6, 6.07) is 8.92. The number of rotatable bonds is 4. The van der Waals surface area contributed by atoms with E-state index in [4.69, 9.17) is 5.73 Å². The molecule has 0 aromatic heterocycles. The minimum Gasteiger partial charge on any atom is -0.353 e. The van der Waals surface area contributed by atoms with E-state index < -0.39 is 6.04 Å². The van der Waals surface area contributed by atoms with Crippen molar-refractivity contribution in [3.8, 4) is 0 Å². The fourth-order valence-corrected chi connectivity index (χ4v) is 4.40. The number of hydrogen-bond acceptors (Lipinski definition) is 4. The molecule has 3 nitrogen and oxygen atoms in total. The highest BCUT2D eigenvalue weighted by molar-refractivity contribution is 8.06. The van der Waals surface area contributed by atoms with Crippen molar-refractivity contribution in [3.05, 3.63) is 35.9 Å². The van der Waals surface area contributed by atoms with Crippen LogP contribution in [-0.4, -0.2) is 35.0 Å². The first-order chi connectivity index (χ1) is 8.77. The molecule has 1 aliphatic heterocycles. The molecule has 0 spiro atoms.